The number of benzene rings is 1. The molecule has 0 spiro atoms. The molecule has 21 heavy (non-hydrogen) atoms. The molecule has 1 aliphatic rings. The van der Waals surface area contributed by atoms with Gasteiger partial charge in [-0.25, -0.2) is 0 Å². The molecule has 0 unspecified atom stereocenters. The molecule has 1 aromatic carbocycles. The topological polar surface area (TPSA) is 32.5 Å². The molecule has 118 valence electrons. The van der Waals surface area contributed by atoms with Crippen LogP contribution in [-0.2, 0) is 12.7 Å². The van der Waals surface area contributed by atoms with Crippen LogP contribution in [0.25, 0.3) is 0 Å². The van der Waals surface area contributed by atoms with Gasteiger partial charge in [-0.15, -0.1) is 0 Å². The van der Waals surface area contributed by atoms with E-state index in [4.69, 9.17) is 5.73 Å². The van der Waals surface area contributed by atoms with Crippen molar-refractivity contribution < 1.29 is 13.2 Å². The Balaban J connectivity index is 2.17. The molecule has 1 fully saturated rings. The Hall–Kier alpha value is -1.27. The molecule has 0 atom stereocenters. The van der Waals surface area contributed by atoms with Gasteiger partial charge in [-0.2, -0.15) is 13.2 Å². The first-order valence-electron chi connectivity index (χ1n) is 7.14. The van der Waals surface area contributed by atoms with Gasteiger partial charge in [0.25, 0.3) is 0 Å². The summed E-state index contributed by atoms with van der Waals surface area (Å²) in [6.45, 7) is 1.81. The van der Waals surface area contributed by atoms with Gasteiger partial charge in [0.05, 0.1) is 5.56 Å². The number of alkyl halides is 3. The standard InChI is InChI=1S/C15H22F3N3/c1-20(2)13-5-7-21(8-6-13)14-4-3-12(15(16,17)18)9-11(14)10-19/h3-4,9,13H,5-8,10,19H2,1-2H3. The van der Waals surface area contributed by atoms with E-state index in [1.54, 1.807) is 6.07 Å². The zero-order valence-electron chi connectivity index (χ0n) is 12.5. The van der Waals surface area contributed by atoms with Crippen molar-refractivity contribution in [3.63, 3.8) is 0 Å². The van der Waals surface area contributed by atoms with Gasteiger partial charge in [-0.05, 0) is 50.7 Å². The van der Waals surface area contributed by atoms with E-state index >= 15 is 0 Å². The van der Waals surface area contributed by atoms with Gasteiger partial charge in [0, 0.05) is 31.4 Å². The molecule has 0 aromatic heterocycles. The Bertz CT molecular complexity index is 478. The fraction of sp³-hybridized carbons (Fsp3) is 0.600. The summed E-state index contributed by atoms with van der Waals surface area (Å²) < 4.78 is 38.3. The molecule has 6 heteroatoms. The number of rotatable bonds is 3. The molecule has 2 rings (SSSR count). The monoisotopic (exact) mass is 301 g/mol. The van der Waals surface area contributed by atoms with Gasteiger partial charge in [-0.3, -0.25) is 0 Å². The summed E-state index contributed by atoms with van der Waals surface area (Å²) in [4.78, 5) is 4.34. The van der Waals surface area contributed by atoms with Crippen LogP contribution in [0.3, 0.4) is 0 Å². The maximum Gasteiger partial charge on any atom is 0.416 e. The molecule has 0 amide bonds. The predicted molar refractivity (Wildman–Crippen MR) is 78.3 cm³/mol. The molecule has 1 aromatic rings. The van der Waals surface area contributed by atoms with Crippen LogP contribution in [0.2, 0.25) is 0 Å². The lowest BCUT2D eigenvalue weighted by atomic mass is 10.0. The zero-order valence-corrected chi connectivity index (χ0v) is 12.5. The molecular formula is C15H22F3N3. The summed E-state index contributed by atoms with van der Waals surface area (Å²) in [5, 5.41) is 0. The van der Waals surface area contributed by atoms with E-state index in [-0.39, 0.29) is 6.54 Å². The van der Waals surface area contributed by atoms with Crippen molar-refractivity contribution in [1.29, 1.82) is 0 Å². The summed E-state index contributed by atoms with van der Waals surface area (Å²) in [5.41, 5.74) is 6.41. The highest BCUT2D eigenvalue weighted by molar-refractivity contribution is 5.55. The molecule has 1 heterocycles. The van der Waals surface area contributed by atoms with E-state index in [1.807, 2.05) is 0 Å². The molecule has 0 saturated carbocycles. The average Bonchev–Trinajstić information content (AvgIpc) is 2.45. The van der Waals surface area contributed by atoms with Gasteiger partial charge in [0.1, 0.15) is 0 Å². The van der Waals surface area contributed by atoms with Crippen molar-refractivity contribution >= 4 is 5.69 Å². The van der Waals surface area contributed by atoms with Crippen LogP contribution >= 0.6 is 0 Å². The minimum absolute atomic E-state index is 0.118. The van der Waals surface area contributed by atoms with E-state index in [1.165, 1.54) is 6.07 Å². The minimum Gasteiger partial charge on any atom is -0.371 e. The van der Waals surface area contributed by atoms with Gasteiger partial charge in [0.2, 0.25) is 0 Å². The molecule has 1 saturated heterocycles. The number of halogens is 3. The molecular weight excluding hydrogens is 279 g/mol. The minimum atomic E-state index is -4.32. The lowest BCUT2D eigenvalue weighted by Gasteiger charge is -2.37. The van der Waals surface area contributed by atoms with Crippen molar-refractivity contribution in [2.24, 2.45) is 5.73 Å². The second kappa shape index (κ2) is 6.23. The largest absolute Gasteiger partial charge is 0.416 e. The number of nitrogens with zero attached hydrogens (tertiary/aromatic N) is 2. The van der Waals surface area contributed by atoms with Crippen LogP contribution in [0.5, 0.6) is 0 Å². The molecule has 3 nitrogen and oxygen atoms in total. The number of nitrogens with two attached hydrogens (primary N) is 1. The summed E-state index contributed by atoms with van der Waals surface area (Å²) >= 11 is 0. The Morgan fingerprint density at radius 2 is 1.86 bits per heavy atom. The molecule has 2 N–H and O–H groups in total. The first kappa shape index (κ1) is 16.1. The van der Waals surface area contributed by atoms with E-state index in [0.717, 1.165) is 37.7 Å². The van der Waals surface area contributed by atoms with Crippen molar-refractivity contribution in [2.75, 3.05) is 32.1 Å². The maximum absolute atomic E-state index is 12.8. The van der Waals surface area contributed by atoms with Crippen LogP contribution < -0.4 is 10.6 Å². The summed E-state index contributed by atoms with van der Waals surface area (Å²) in [7, 11) is 4.12. The Labute approximate surface area is 123 Å². The number of hydrogen-bond acceptors (Lipinski definition) is 3. The predicted octanol–water partition coefficient (Wildman–Crippen LogP) is 2.69. The Morgan fingerprint density at radius 3 is 2.33 bits per heavy atom. The molecule has 0 aliphatic carbocycles. The van der Waals surface area contributed by atoms with E-state index in [9.17, 15) is 13.2 Å². The normalized spacial score (nSPS) is 17.6. The SMILES string of the molecule is CN(C)C1CCN(c2ccc(C(F)(F)F)cc2CN)CC1. The van der Waals surface area contributed by atoms with E-state index < -0.39 is 11.7 Å². The summed E-state index contributed by atoms with van der Waals surface area (Å²) in [6.07, 6.45) is -2.30. The number of hydrogen-bond donors (Lipinski definition) is 1. The van der Waals surface area contributed by atoms with Crippen molar-refractivity contribution in [1.82, 2.24) is 4.90 Å². The van der Waals surface area contributed by atoms with Gasteiger partial charge >= 0.3 is 6.18 Å². The highest BCUT2D eigenvalue weighted by Crippen LogP contribution is 2.33. The van der Waals surface area contributed by atoms with E-state index in [2.05, 4.69) is 23.9 Å². The second-order valence-corrected chi connectivity index (χ2v) is 5.73. The Morgan fingerprint density at radius 1 is 1.24 bits per heavy atom. The molecule has 1 aliphatic heterocycles. The first-order chi connectivity index (χ1) is 9.82. The van der Waals surface area contributed by atoms with E-state index in [0.29, 0.717) is 11.6 Å². The third-order valence-electron chi connectivity index (χ3n) is 4.16. The van der Waals surface area contributed by atoms with Crippen molar-refractivity contribution in [3.05, 3.63) is 29.3 Å². The quantitative estimate of drug-likeness (QED) is 0.931. The third kappa shape index (κ3) is 3.68. The summed E-state index contributed by atoms with van der Waals surface area (Å²) in [5.74, 6) is 0. The molecule has 0 radical (unpaired) electrons. The Kier molecular flexibility index (Phi) is 4.78. The van der Waals surface area contributed by atoms with Crippen LogP contribution in [0.15, 0.2) is 18.2 Å². The maximum atomic E-state index is 12.8. The highest BCUT2D eigenvalue weighted by atomic mass is 19.4. The molecule has 0 bridgehead atoms. The number of anilines is 1. The summed E-state index contributed by atoms with van der Waals surface area (Å²) in [6, 6.07) is 4.41. The average molecular weight is 301 g/mol. The lowest BCUT2D eigenvalue weighted by Crippen LogP contribution is -2.42. The van der Waals surface area contributed by atoms with Crippen LogP contribution in [0, 0.1) is 0 Å². The fourth-order valence-corrected chi connectivity index (χ4v) is 2.86. The van der Waals surface area contributed by atoms with Crippen molar-refractivity contribution in [2.45, 2.75) is 31.6 Å². The zero-order chi connectivity index (χ0) is 15.6. The second-order valence-electron chi connectivity index (χ2n) is 5.73. The van der Waals surface area contributed by atoms with Crippen LogP contribution in [0.4, 0.5) is 18.9 Å². The van der Waals surface area contributed by atoms with Gasteiger partial charge in [0.15, 0.2) is 0 Å². The smallest absolute Gasteiger partial charge is 0.371 e. The van der Waals surface area contributed by atoms with Gasteiger partial charge < -0.3 is 15.5 Å². The van der Waals surface area contributed by atoms with Crippen molar-refractivity contribution in [3.8, 4) is 0 Å². The fourth-order valence-electron chi connectivity index (χ4n) is 2.86. The lowest BCUT2D eigenvalue weighted by molar-refractivity contribution is -0.137. The van der Waals surface area contributed by atoms with Crippen LogP contribution in [-0.4, -0.2) is 38.1 Å². The first-order valence-corrected chi connectivity index (χ1v) is 7.14. The van der Waals surface area contributed by atoms with Gasteiger partial charge in [-0.1, -0.05) is 0 Å². The van der Waals surface area contributed by atoms with Crippen LogP contribution in [0.1, 0.15) is 24.0 Å². The third-order valence-corrected chi connectivity index (χ3v) is 4.16. The highest BCUT2D eigenvalue weighted by Gasteiger charge is 2.31. The number of piperidine rings is 1.